The maximum atomic E-state index is 12.6. The van der Waals surface area contributed by atoms with Crippen molar-refractivity contribution in [3.8, 4) is 0 Å². The predicted octanol–water partition coefficient (Wildman–Crippen LogP) is 3.35. The summed E-state index contributed by atoms with van der Waals surface area (Å²) in [4.78, 5) is 36.3. The van der Waals surface area contributed by atoms with Gasteiger partial charge in [-0.25, -0.2) is 0 Å². The number of rotatable bonds is 15. The third kappa shape index (κ3) is 16.3. The summed E-state index contributed by atoms with van der Waals surface area (Å²) >= 11 is 0. The van der Waals surface area contributed by atoms with Crippen LogP contribution in [0.4, 0.5) is 0 Å². The normalized spacial score (nSPS) is 22.7. The Morgan fingerprint density at radius 1 is 0.528 bits per heavy atom. The molecule has 0 amide bonds. The van der Waals surface area contributed by atoms with E-state index in [-0.39, 0.29) is 56.4 Å². The van der Waals surface area contributed by atoms with Crippen molar-refractivity contribution in [1.82, 2.24) is 14.7 Å². The van der Waals surface area contributed by atoms with Crippen molar-refractivity contribution in [1.29, 1.82) is 0 Å². The molecule has 1 heterocycles. The molecular formula is C21H48N3O9P3. The Labute approximate surface area is 216 Å². The average Bonchev–Trinajstić information content (AvgIpc) is 2.81. The third-order valence-corrected chi connectivity index (χ3v) is 9.09. The van der Waals surface area contributed by atoms with Crippen molar-refractivity contribution in [2.75, 3.05) is 77.9 Å². The highest BCUT2D eigenvalue weighted by Crippen LogP contribution is 2.45. The summed E-state index contributed by atoms with van der Waals surface area (Å²) in [6.45, 7) is 13.9. The molecule has 1 rings (SSSR count). The van der Waals surface area contributed by atoms with Crippen molar-refractivity contribution >= 4 is 22.8 Å². The van der Waals surface area contributed by atoms with Gasteiger partial charge in [0.1, 0.15) is 18.9 Å². The summed E-state index contributed by atoms with van der Waals surface area (Å²) in [5.41, 5.74) is 0. The number of nitrogens with zero attached hydrogens (tertiary/aromatic N) is 3. The maximum absolute atomic E-state index is 12.6. The third-order valence-electron chi connectivity index (χ3n) is 5.16. The Kier molecular flexibility index (Phi) is 15.1. The standard InChI is InChI=1S/C21H48N3O9P3/c1-19(2)13-31-34(25,26)16-22-7-9-23(17-35(27,28)32-14-20(3)4)11-12-24(10-8-22)18-36(29,30)33-15-21(5)6/h19-21H,7-18H2,1-6H3,(H,25,26)(H,27,28)(H,29,30). The molecule has 0 aromatic carbocycles. The van der Waals surface area contributed by atoms with Gasteiger partial charge in [-0.05, 0) is 17.8 Å². The van der Waals surface area contributed by atoms with Crippen LogP contribution in [0.15, 0.2) is 0 Å². The van der Waals surface area contributed by atoms with Crippen molar-refractivity contribution < 1.29 is 41.9 Å². The van der Waals surface area contributed by atoms with Gasteiger partial charge >= 0.3 is 22.8 Å². The fraction of sp³-hybridized carbons (Fsp3) is 1.00. The van der Waals surface area contributed by atoms with Crippen LogP contribution in [0.25, 0.3) is 0 Å². The van der Waals surface area contributed by atoms with E-state index in [1.165, 1.54) is 0 Å². The summed E-state index contributed by atoms with van der Waals surface area (Å²) in [6.07, 6.45) is -0.617. The molecule has 1 aliphatic rings. The minimum Gasteiger partial charge on any atom is -0.323 e. The molecular weight excluding hydrogens is 531 g/mol. The Bertz CT molecular complexity index is 673. The predicted molar refractivity (Wildman–Crippen MR) is 141 cm³/mol. The van der Waals surface area contributed by atoms with E-state index in [4.69, 9.17) is 13.6 Å². The lowest BCUT2D eigenvalue weighted by atomic mass is 10.2. The maximum Gasteiger partial charge on any atom is 0.342 e. The summed E-state index contributed by atoms with van der Waals surface area (Å²) in [5.74, 6) is 0.295. The lowest BCUT2D eigenvalue weighted by molar-refractivity contribution is 0.189. The van der Waals surface area contributed by atoms with Gasteiger partial charge in [0, 0.05) is 39.3 Å². The van der Waals surface area contributed by atoms with Crippen LogP contribution in [0.3, 0.4) is 0 Å². The Morgan fingerprint density at radius 2 is 0.722 bits per heavy atom. The molecule has 1 saturated heterocycles. The Morgan fingerprint density at radius 3 is 0.889 bits per heavy atom. The molecule has 0 spiro atoms. The van der Waals surface area contributed by atoms with Crippen molar-refractivity contribution in [3.05, 3.63) is 0 Å². The molecule has 12 nitrogen and oxygen atoms in total. The summed E-state index contributed by atoms with van der Waals surface area (Å²) in [7, 11) is -11.7. The monoisotopic (exact) mass is 579 g/mol. The van der Waals surface area contributed by atoms with Gasteiger partial charge in [0.2, 0.25) is 0 Å². The second-order valence-corrected chi connectivity index (χ2v) is 16.2. The molecule has 3 unspecified atom stereocenters. The summed E-state index contributed by atoms with van der Waals surface area (Å²) in [5, 5.41) is 0. The molecule has 216 valence electrons. The van der Waals surface area contributed by atoms with E-state index in [9.17, 15) is 28.4 Å². The molecule has 0 aromatic heterocycles. The number of hydrogen-bond donors (Lipinski definition) is 3. The smallest absolute Gasteiger partial charge is 0.323 e. The van der Waals surface area contributed by atoms with Crippen LogP contribution < -0.4 is 0 Å². The van der Waals surface area contributed by atoms with Gasteiger partial charge in [-0.2, -0.15) is 0 Å². The molecule has 15 heteroatoms. The molecule has 36 heavy (non-hydrogen) atoms. The second kappa shape index (κ2) is 15.8. The van der Waals surface area contributed by atoms with E-state index in [1.807, 2.05) is 41.5 Å². The lowest BCUT2D eigenvalue weighted by Crippen LogP contribution is -2.37. The SMILES string of the molecule is CC(C)COP(=O)(O)CN1CCN(CP(=O)(O)OCC(C)C)CCN(CP(=O)(O)OCC(C)C)CC1. The highest BCUT2D eigenvalue weighted by atomic mass is 31.2. The minimum absolute atomic E-state index is 0.0982. The first-order chi connectivity index (χ1) is 16.5. The van der Waals surface area contributed by atoms with Crippen LogP contribution in [0.2, 0.25) is 0 Å². The highest BCUT2D eigenvalue weighted by molar-refractivity contribution is 7.53. The van der Waals surface area contributed by atoms with Gasteiger partial charge in [0.05, 0.1) is 19.8 Å². The first-order valence-corrected chi connectivity index (χ1v) is 17.8. The molecule has 0 bridgehead atoms. The van der Waals surface area contributed by atoms with E-state index in [0.717, 1.165) is 0 Å². The van der Waals surface area contributed by atoms with Gasteiger partial charge in [0.25, 0.3) is 0 Å². The molecule has 3 N–H and O–H groups in total. The van der Waals surface area contributed by atoms with Crippen molar-refractivity contribution in [2.24, 2.45) is 17.8 Å². The van der Waals surface area contributed by atoms with Crippen LogP contribution in [-0.4, -0.2) is 107 Å². The zero-order valence-electron chi connectivity index (χ0n) is 22.7. The van der Waals surface area contributed by atoms with Gasteiger partial charge in [-0.15, -0.1) is 0 Å². The summed E-state index contributed by atoms with van der Waals surface area (Å²) in [6, 6.07) is 0. The zero-order chi connectivity index (χ0) is 27.6. The molecule has 0 radical (unpaired) electrons. The van der Waals surface area contributed by atoms with Crippen LogP contribution in [-0.2, 0) is 27.3 Å². The van der Waals surface area contributed by atoms with Crippen molar-refractivity contribution in [2.45, 2.75) is 41.5 Å². The topological polar surface area (TPSA) is 149 Å². The van der Waals surface area contributed by atoms with Crippen LogP contribution in [0, 0.1) is 17.8 Å². The first kappa shape index (κ1) is 34.4. The molecule has 0 saturated carbocycles. The van der Waals surface area contributed by atoms with E-state index in [1.54, 1.807) is 14.7 Å². The van der Waals surface area contributed by atoms with Gasteiger partial charge in [-0.1, -0.05) is 41.5 Å². The number of hydrogen-bond acceptors (Lipinski definition) is 9. The quantitative estimate of drug-likeness (QED) is 0.244. The van der Waals surface area contributed by atoms with E-state index in [2.05, 4.69) is 0 Å². The fourth-order valence-corrected chi connectivity index (χ4v) is 7.49. The Balaban J connectivity index is 2.97. The minimum atomic E-state index is -3.90. The van der Waals surface area contributed by atoms with E-state index < -0.39 is 22.8 Å². The summed E-state index contributed by atoms with van der Waals surface area (Å²) < 4.78 is 53.7. The van der Waals surface area contributed by atoms with Crippen LogP contribution in [0.5, 0.6) is 0 Å². The van der Waals surface area contributed by atoms with Crippen molar-refractivity contribution in [3.63, 3.8) is 0 Å². The first-order valence-electron chi connectivity index (χ1n) is 12.5. The van der Waals surface area contributed by atoms with Gasteiger partial charge < -0.3 is 28.3 Å². The van der Waals surface area contributed by atoms with E-state index in [0.29, 0.717) is 39.3 Å². The van der Waals surface area contributed by atoms with Gasteiger partial charge in [-0.3, -0.25) is 28.4 Å². The molecule has 0 aromatic rings. The molecule has 3 atom stereocenters. The second-order valence-electron chi connectivity index (χ2n) is 10.8. The lowest BCUT2D eigenvalue weighted by Gasteiger charge is -2.28. The zero-order valence-corrected chi connectivity index (χ0v) is 25.4. The Hall–Kier alpha value is 0.330. The van der Waals surface area contributed by atoms with Gasteiger partial charge in [0.15, 0.2) is 0 Å². The largest absolute Gasteiger partial charge is 0.342 e. The van der Waals surface area contributed by atoms with Crippen LogP contribution in [0.1, 0.15) is 41.5 Å². The van der Waals surface area contributed by atoms with Crippen LogP contribution >= 0.6 is 22.8 Å². The average molecular weight is 580 g/mol. The fourth-order valence-electron chi connectivity index (χ4n) is 3.29. The molecule has 1 aliphatic heterocycles. The molecule has 0 aliphatic carbocycles. The van der Waals surface area contributed by atoms with E-state index >= 15 is 0 Å². The highest BCUT2D eigenvalue weighted by Gasteiger charge is 2.31. The molecule has 1 fully saturated rings.